The van der Waals surface area contributed by atoms with Crippen molar-refractivity contribution in [1.82, 2.24) is 0 Å². The largest absolute Gasteiger partial charge is 0.310 e. The number of aryl methyl sites for hydroxylation is 4. The highest BCUT2D eigenvalue weighted by molar-refractivity contribution is 7.27. The second-order valence-corrected chi connectivity index (χ2v) is 15.6. The molecule has 4 heteroatoms. The molecule has 0 aliphatic carbocycles. The van der Waals surface area contributed by atoms with Gasteiger partial charge in [-0.05, 0) is 113 Å². The van der Waals surface area contributed by atoms with E-state index in [1.54, 1.807) is 0 Å². The normalized spacial score (nSPS) is 11.6. The molecule has 0 aliphatic heterocycles. The van der Waals surface area contributed by atoms with E-state index in [0.29, 0.717) is 0 Å². The van der Waals surface area contributed by atoms with Crippen molar-refractivity contribution in [3.05, 3.63) is 168 Å². The molecule has 2 heterocycles. The van der Waals surface area contributed by atoms with Gasteiger partial charge in [-0.1, -0.05) is 82.9 Å². The van der Waals surface area contributed by atoms with Gasteiger partial charge in [-0.3, -0.25) is 0 Å². The first-order valence-electron chi connectivity index (χ1n) is 17.1. The summed E-state index contributed by atoms with van der Waals surface area (Å²) in [6, 6.07) is 54.0. The molecule has 0 N–H and O–H groups in total. The van der Waals surface area contributed by atoms with Crippen LogP contribution in [0.5, 0.6) is 0 Å². The van der Waals surface area contributed by atoms with Crippen LogP contribution in [0, 0.1) is 27.7 Å². The van der Waals surface area contributed by atoms with Crippen LogP contribution < -0.4 is 9.80 Å². The van der Waals surface area contributed by atoms with E-state index >= 15 is 0 Å². The second-order valence-electron chi connectivity index (χ2n) is 13.4. The van der Waals surface area contributed by atoms with Crippen LogP contribution >= 0.6 is 22.7 Å². The number of thiophene rings is 2. The van der Waals surface area contributed by atoms with Crippen LogP contribution in [0.4, 0.5) is 34.1 Å². The minimum Gasteiger partial charge on any atom is -0.310 e. The van der Waals surface area contributed by atoms with Gasteiger partial charge in [0, 0.05) is 74.5 Å². The van der Waals surface area contributed by atoms with Gasteiger partial charge >= 0.3 is 0 Å². The first kappa shape index (κ1) is 30.6. The standard InChI is InChI=1S/C46H36N2S2/c1-29-5-13-33(14-6-29)47(34-15-7-30(2)8-16-34)37-21-23-39-41-27-46-42(28-45(41)49-43(39)25-37)40-24-22-38(26-44(40)50-46)48(35-17-9-31(3)10-18-35)36-19-11-32(4)12-20-36/h5-28H,1-4H3. The molecule has 9 aromatic rings. The van der Waals surface area contributed by atoms with E-state index in [0.717, 1.165) is 22.7 Å². The van der Waals surface area contributed by atoms with Crippen LogP contribution in [-0.4, -0.2) is 0 Å². The lowest BCUT2D eigenvalue weighted by Crippen LogP contribution is -2.09. The average Bonchev–Trinajstić information content (AvgIpc) is 3.67. The van der Waals surface area contributed by atoms with Crippen molar-refractivity contribution >= 4 is 97.1 Å². The first-order valence-corrected chi connectivity index (χ1v) is 18.7. The van der Waals surface area contributed by atoms with Crippen molar-refractivity contribution in [3.8, 4) is 0 Å². The van der Waals surface area contributed by atoms with E-state index in [9.17, 15) is 0 Å². The predicted molar refractivity (Wildman–Crippen MR) is 221 cm³/mol. The number of nitrogens with zero attached hydrogens (tertiary/aromatic N) is 2. The van der Waals surface area contributed by atoms with Gasteiger partial charge in [-0.2, -0.15) is 0 Å². The zero-order valence-corrected chi connectivity index (χ0v) is 30.2. The van der Waals surface area contributed by atoms with Crippen molar-refractivity contribution < 1.29 is 0 Å². The topological polar surface area (TPSA) is 6.48 Å². The number of fused-ring (bicyclic) bond motifs is 6. The Labute approximate surface area is 301 Å². The molecule has 0 fully saturated rings. The van der Waals surface area contributed by atoms with E-state index in [2.05, 4.69) is 183 Å². The summed E-state index contributed by atoms with van der Waals surface area (Å²) < 4.78 is 5.26. The fourth-order valence-electron chi connectivity index (χ4n) is 6.97. The van der Waals surface area contributed by atoms with Gasteiger partial charge in [-0.15, -0.1) is 22.7 Å². The van der Waals surface area contributed by atoms with Crippen LogP contribution in [0.15, 0.2) is 146 Å². The molecule has 0 saturated heterocycles. The predicted octanol–water partition coefficient (Wildman–Crippen LogP) is 14.6. The minimum atomic E-state index is 1.16. The highest BCUT2D eigenvalue weighted by Gasteiger charge is 2.18. The van der Waals surface area contributed by atoms with E-state index in [1.807, 2.05) is 22.7 Å². The maximum absolute atomic E-state index is 2.42. The Kier molecular flexibility index (Phi) is 7.45. The van der Waals surface area contributed by atoms with Gasteiger partial charge in [0.2, 0.25) is 0 Å². The zero-order chi connectivity index (χ0) is 33.9. The molecule has 7 aromatic carbocycles. The Morgan fingerprint density at radius 3 is 0.840 bits per heavy atom. The number of hydrogen-bond donors (Lipinski definition) is 0. The first-order chi connectivity index (χ1) is 24.4. The Bertz CT molecular complexity index is 2380. The van der Waals surface area contributed by atoms with Gasteiger partial charge in [0.25, 0.3) is 0 Å². The van der Waals surface area contributed by atoms with Crippen molar-refractivity contribution in [2.45, 2.75) is 27.7 Å². The molecular formula is C46H36N2S2. The lowest BCUT2D eigenvalue weighted by molar-refractivity contribution is 1.27. The summed E-state index contributed by atoms with van der Waals surface area (Å²) in [7, 11) is 0. The molecule has 9 rings (SSSR count). The lowest BCUT2D eigenvalue weighted by atomic mass is 10.1. The third kappa shape index (κ3) is 5.42. The molecule has 50 heavy (non-hydrogen) atoms. The fourth-order valence-corrected chi connectivity index (χ4v) is 9.29. The number of benzene rings is 7. The summed E-state index contributed by atoms with van der Waals surface area (Å²) in [6.45, 7) is 8.56. The van der Waals surface area contributed by atoms with E-state index in [4.69, 9.17) is 0 Å². The molecule has 0 radical (unpaired) electrons. The van der Waals surface area contributed by atoms with Gasteiger partial charge in [0.1, 0.15) is 0 Å². The third-order valence-corrected chi connectivity index (χ3v) is 11.9. The molecule has 2 nitrogen and oxygen atoms in total. The van der Waals surface area contributed by atoms with E-state index in [1.165, 1.54) is 74.0 Å². The monoisotopic (exact) mass is 680 g/mol. The third-order valence-electron chi connectivity index (χ3n) is 9.72. The molecule has 0 bridgehead atoms. The van der Waals surface area contributed by atoms with E-state index < -0.39 is 0 Å². The summed E-state index contributed by atoms with van der Waals surface area (Å²) in [5, 5.41) is 5.28. The molecule has 2 aromatic heterocycles. The highest BCUT2D eigenvalue weighted by Crippen LogP contribution is 2.46. The van der Waals surface area contributed by atoms with Crippen molar-refractivity contribution in [2.75, 3.05) is 9.80 Å². The van der Waals surface area contributed by atoms with Crippen molar-refractivity contribution in [1.29, 1.82) is 0 Å². The Morgan fingerprint density at radius 1 is 0.280 bits per heavy atom. The quantitative estimate of drug-likeness (QED) is 0.172. The zero-order valence-electron chi connectivity index (χ0n) is 28.6. The molecule has 0 saturated carbocycles. The Morgan fingerprint density at radius 2 is 0.540 bits per heavy atom. The molecule has 242 valence electrons. The number of rotatable bonds is 6. The Hall–Kier alpha value is -5.42. The van der Waals surface area contributed by atoms with Crippen LogP contribution in [-0.2, 0) is 0 Å². The van der Waals surface area contributed by atoms with Gasteiger partial charge in [-0.25, -0.2) is 0 Å². The summed E-state index contributed by atoms with van der Waals surface area (Å²) in [6.07, 6.45) is 0. The van der Waals surface area contributed by atoms with Crippen molar-refractivity contribution in [2.24, 2.45) is 0 Å². The van der Waals surface area contributed by atoms with Gasteiger partial charge in [0.15, 0.2) is 0 Å². The van der Waals surface area contributed by atoms with Crippen LogP contribution in [0.1, 0.15) is 22.3 Å². The number of hydrogen-bond acceptors (Lipinski definition) is 4. The fraction of sp³-hybridized carbons (Fsp3) is 0.0870. The van der Waals surface area contributed by atoms with Crippen LogP contribution in [0.3, 0.4) is 0 Å². The molecule has 0 spiro atoms. The van der Waals surface area contributed by atoms with Gasteiger partial charge < -0.3 is 9.80 Å². The molecular weight excluding hydrogens is 645 g/mol. The average molecular weight is 681 g/mol. The van der Waals surface area contributed by atoms with Crippen LogP contribution in [0.25, 0.3) is 40.3 Å². The van der Waals surface area contributed by atoms with E-state index in [-0.39, 0.29) is 0 Å². The lowest BCUT2D eigenvalue weighted by Gasteiger charge is -2.25. The SMILES string of the molecule is Cc1ccc(N(c2ccc(C)cc2)c2ccc3c(c2)sc2cc4c(cc23)sc2cc(N(c3ccc(C)cc3)c3ccc(C)cc3)ccc24)cc1. The second kappa shape index (κ2) is 12.2. The maximum atomic E-state index is 2.42. The summed E-state index contributed by atoms with van der Waals surface area (Å²) in [4.78, 5) is 4.73. The number of anilines is 6. The minimum absolute atomic E-state index is 1.16. The maximum Gasteiger partial charge on any atom is 0.0476 e. The van der Waals surface area contributed by atoms with Crippen molar-refractivity contribution in [3.63, 3.8) is 0 Å². The highest BCUT2D eigenvalue weighted by atomic mass is 32.1. The summed E-state index contributed by atoms with van der Waals surface area (Å²) in [5.74, 6) is 0. The Balaban J connectivity index is 1.14. The molecule has 0 unspecified atom stereocenters. The molecule has 0 amide bonds. The van der Waals surface area contributed by atoms with Crippen LogP contribution in [0.2, 0.25) is 0 Å². The molecule has 0 atom stereocenters. The van der Waals surface area contributed by atoms with Gasteiger partial charge in [0.05, 0.1) is 0 Å². The summed E-state index contributed by atoms with van der Waals surface area (Å²) in [5.41, 5.74) is 12.0. The molecule has 0 aliphatic rings. The summed E-state index contributed by atoms with van der Waals surface area (Å²) >= 11 is 3.78. The smallest absolute Gasteiger partial charge is 0.0476 e.